The van der Waals surface area contributed by atoms with E-state index in [1.165, 1.54) is 16.6 Å². The molecule has 0 saturated carbocycles. The van der Waals surface area contributed by atoms with Gasteiger partial charge in [0, 0.05) is 34.3 Å². The van der Waals surface area contributed by atoms with Crippen LogP contribution in [0, 0.1) is 0 Å². The van der Waals surface area contributed by atoms with Crippen LogP contribution in [0.4, 0.5) is 0 Å². The van der Waals surface area contributed by atoms with E-state index in [1.807, 2.05) is 18.2 Å². The van der Waals surface area contributed by atoms with Gasteiger partial charge in [-0.25, -0.2) is 0 Å². The Morgan fingerprint density at radius 1 is 0.963 bits per heavy atom. The van der Waals surface area contributed by atoms with Crippen LogP contribution < -0.4 is 0 Å². The number of benzene rings is 2. The maximum absolute atomic E-state index is 9.48. The molecular weight excluding hydrogens is 379 g/mol. The van der Waals surface area contributed by atoms with E-state index in [2.05, 4.69) is 39.8 Å². The summed E-state index contributed by atoms with van der Waals surface area (Å²) in [5.41, 5.74) is 3.56. The minimum Gasteiger partial charge on any atom is -0.395 e. The molecule has 2 aromatic carbocycles. The molecule has 0 radical (unpaired) electrons. The third-order valence-electron chi connectivity index (χ3n) is 5.60. The first-order valence-electron chi connectivity index (χ1n) is 9.51. The van der Waals surface area contributed by atoms with Crippen molar-refractivity contribution < 1.29 is 5.11 Å². The number of para-hydroxylation sites is 1. The molecule has 1 saturated heterocycles. The number of aliphatic hydroxyl groups excluding tert-OH is 1. The summed E-state index contributed by atoms with van der Waals surface area (Å²) in [4.78, 5) is 2.49. The Labute approximate surface area is 170 Å². The molecule has 142 valence electrons. The van der Waals surface area contributed by atoms with Crippen molar-refractivity contribution in [1.29, 1.82) is 0 Å². The van der Waals surface area contributed by atoms with Crippen LogP contribution in [-0.4, -0.2) is 34.3 Å². The highest BCUT2D eigenvalue weighted by Gasteiger charge is 2.25. The third kappa shape index (κ3) is 3.88. The molecule has 3 aromatic rings. The Bertz CT molecular complexity index is 909. The van der Waals surface area contributed by atoms with Gasteiger partial charge in [0.05, 0.1) is 6.61 Å². The van der Waals surface area contributed by atoms with Crippen molar-refractivity contribution in [2.45, 2.75) is 31.8 Å². The highest BCUT2D eigenvalue weighted by atomic mass is 35.5. The lowest BCUT2D eigenvalue weighted by molar-refractivity contribution is 0.198. The molecule has 0 bridgehead atoms. The topological polar surface area (TPSA) is 28.4 Å². The summed E-state index contributed by atoms with van der Waals surface area (Å²) in [6.07, 6.45) is 2.12. The van der Waals surface area contributed by atoms with Gasteiger partial charge in [-0.15, -0.1) is 0 Å². The van der Waals surface area contributed by atoms with Crippen molar-refractivity contribution in [3.8, 4) is 0 Å². The molecule has 1 aliphatic rings. The number of hydrogen-bond donors (Lipinski definition) is 1. The smallest absolute Gasteiger partial charge is 0.0610 e. The van der Waals surface area contributed by atoms with Crippen LogP contribution in [0.2, 0.25) is 10.0 Å². The van der Waals surface area contributed by atoms with Gasteiger partial charge in [0.15, 0.2) is 0 Å². The molecule has 0 aliphatic carbocycles. The van der Waals surface area contributed by atoms with Gasteiger partial charge >= 0.3 is 0 Å². The Balaban J connectivity index is 1.48. The van der Waals surface area contributed by atoms with Crippen LogP contribution in [0.15, 0.2) is 48.5 Å². The molecule has 3 nitrogen and oxygen atoms in total. The van der Waals surface area contributed by atoms with Crippen LogP contribution in [-0.2, 0) is 13.1 Å². The van der Waals surface area contributed by atoms with E-state index in [0.717, 1.165) is 48.1 Å². The van der Waals surface area contributed by atoms with E-state index in [9.17, 15) is 5.11 Å². The molecule has 0 spiro atoms. The first-order valence-corrected chi connectivity index (χ1v) is 10.3. The van der Waals surface area contributed by atoms with Crippen LogP contribution in [0.25, 0.3) is 10.9 Å². The molecule has 0 unspecified atom stereocenters. The number of aromatic nitrogens is 1. The van der Waals surface area contributed by atoms with Crippen molar-refractivity contribution in [2.75, 3.05) is 19.7 Å². The maximum atomic E-state index is 9.48. The lowest BCUT2D eigenvalue weighted by atomic mass is 9.89. The zero-order valence-corrected chi connectivity index (χ0v) is 16.8. The lowest BCUT2D eigenvalue weighted by Gasteiger charge is -2.33. The quantitative estimate of drug-likeness (QED) is 0.625. The average Bonchev–Trinajstić information content (AvgIpc) is 3.01. The minimum absolute atomic E-state index is 0.152. The molecule has 2 heterocycles. The van der Waals surface area contributed by atoms with E-state index < -0.39 is 0 Å². The molecule has 27 heavy (non-hydrogen) atoms. The molecule has 5 heteroatoms. The van der Waals surface area contributed by atoms with Gasteiger partial charge in [-0.05, 0) is 67.1 Å². The van der Waals surface area contributed by atoms with E-state index in [1.54, 1.807) is 0 Å². The summed E-state index contributed by atoms with van der Waals surface area (Å²) >= 11 is 12.8. The zero-order chi connectivity index (χ0) is 18.8. The number of nitrogens with zero attached hydrogens (tertiary/aromatic N) is 2. The average molecular weight is 403 g/mol. The second-order valence-corrected chi connectivity index (χ2v) is 8.07. The van der Waals surface area contributed by atoms with E-state index >= 15 is 0 Å². The number of rotatable bonds is 5. The Morgan fingerprint density at radius 3 is 2.37 bits per heavy atom. The van der Waals surface area contributed by atoms with Crippen molar-refractivity contribution in [1.82, 2.24) is 9.47 Å². The predicted molar refractivity (Wildman–Crippen MR) is 113 cm³/mol. The Kier molecular flexibility index (Phi) is 5.74. The molecule has 0 atom stereocenters. The SMILES string of the molecule is OCCn1c(CN2CCC(c3c(Cl)cccc3Cl)CC2)cc2ccccc21. The summed E-state index contributed by atoms with van der Waals surface area (Å²) in [6.45, 7) is 3.73. The van der Waals surface area contributed by atoms with Crippen molar-refractivity contribution in [3.05, 3.63) is 69.8 Å². The largest absolute Gasteiger partial charge is 0.395 e. The van der Waals surface area contributed by atoms with E-state index in [4.69, 9.17) is 23.2 Å². The minimum atomic E-state index is 0.152. The number of piperidine rings is 1. The van der Waals surface area contributed by atoms with Crippen LogP contribution in [0.5, 0.6) is 0 Å². The predicted octanol–water partition coefficient (Wildman–Crippen LogP) is 5.32. The fourth-order valence-corrected chi connectivity index (χ4v) is 4.98. The Morgan fingerprint density at radius 2 is 1.67 bits per heavy atom. The first-order chi connectivity index (χ1) is 13.2. The van der Waals surface area contributed by atoms with E-state index in [-0.39, 0.29) is 6.61 Å². The van der Waals surface area contributed by atoms with Gasteiger partial charge in [0.2, 0.25) is 0 Å². The normalized spacial score (nSPS) is 16.3. The standard InChI is InChI=1S/C22H24Cl2N2O/c23-19-5-3-6-20(24)22(19)16-8-10-25(11-9-16)15-18-14-17-4-1-2-7-21(17)26(18)12-13-27/h1-7,14,16,27H,8-13,15H2. The molecule has 1 aromatic heterocycles. The molecule has 1 aliphatic heterocycles. The van der Waals surface area contributed by atoms with Crippen LogP contribution in [0.3, 0.4) is 0 Å². The molecule has 1 N–H and O–H groups in total. The van der Waals surface area contributed by atoms with Crippen molar-refractivity contribution in [3.63, 3.8) is 0 Å². The molecule has 1 fully saturated rings. The van der Waals surface area contributed by atoms with Gasteiger partial charge < -0.3 is 9.67 Å². The third-order valence-corrected chi connectivity index (χ3v) is 6.26. The number of halogens is 2. The monoisotopic (exact) mass is 402 g/mol. The number of aliphatic hydroxyl groups is 1. The second-order valence-electron chi connectivity index (χ2n) is 7.26. The van der Waals surface area contributed by atoms with Gasteiger partial charge in [0.1, 0.15) is 0 Å². The number of hydrogen-bond acceptors (Lipinski definition) is 2. The Hall–Kier alpha value is -1.52. The highest BCUT2D eigenvalue weighted by molar-refractivity contribution is 6.36. The summed E-state index contributed by atoms with van der Waals surface area (Å²) in [5.74, 6) is 0.422. The lowest BCUT2D eigenvalue weighted by Crippen LogP contribution is -2.33. The summed E-state index contributed by atoms with van der Waals surface area (Å²) in [7, 11) is 0. The van der Waals surface area contributed by atoms with Gasteiger partial charge in [-0.1, -0.05) is 47.5 Å². The summed E-state index contributed by atoms with van der Waals surface area (Å²) < 4.78 is 2.24. The van der Waals surface area contributed by atoms with Crippen molar-refractivity contribution in [2.24, 2.45) is 0 Å². The molecule has 4 rings (SSSR count). The van der Waals surface area contributed by atoms with Crippen LogP contribution >= 0.6 is 23.2 Å². The highest BCUT2D eigenvalue weighted by Crippen LogP contribution is 2.37. The molecular formula is C22H24Cl2N2O. The van der Waals surface area contributed by atoms with Gasteiger partial charge in [-0.3, -0.25) is 4.90 Å². The second kappa shape index (κ2) is 8.24. The first kappa shape index (κ1) is 18.8. The summed E-state index contributed by atoms with van der Waals surface area (Å²) in [6, 6.07) is 16.4. The fraction of sp³-hybridized carbons (Fsp3) is 0.364. The summed E-state index contributed by atoms with van der Waals surface area (Å²) in [5, 5.41) is 12.3. The van der Waals surface area contributed by atoms with Crippen LogP contribution in [0.1, 0.15) is 30.0 Å². The van der Waals surface area contributed by atoms with Gasteiger partial charge in [0.25, 0.3) is 0 Å². The maximum Gasteiger partial charge on any atom is 0.0610 e. The zero-order valence-electron chi connectivity index (χ0n) is 15.2. The number of likely N-dealkylation sites (tertiary alicyclic amines) is 1. The number of fused-ring (bicyclic) bond motifs is 1. The van der Waals surface area contributed by atoms with E-state index in [0.29, 0.717) is 12.5 Å². The molecule has 0 amide bonds. The van der Waals surface area contributed by atoms with Gasteiger partial charge in [-0.2, -0.15) is 0 Å². The fourth-order valence-electron chi connectivity index (χ4n) is 4.27. The van der Waals surface area contributed by atoms with Crippen molar-refractivity contribution >= 4 is 34.1 Å².